The van der Waals surface area contributed by atoms with E-state index in [1.165, 1.54) is 18.9 Å². The molecular formula is C22H22ClN3O4S. The lowest BCUT2D eigenvalue weighted by molar-refractivity contribution is -0.148. The fourth-order valence-corrected chi connectivity index (χ4v) is 4.75. The van der Waals surface area contributed by atoms with Crippen molar-refractivity contribution in [2.45, 2.75) is 10.9 Å². The Labute approximate surface area is 189 Å². The van der Waals surface area contributed by atoms with Crippen LogP contribution in [0.15, 0.2) is 47.4 Å². The number of amides is 2. The summed E-state index contributed by atoms with van der Waals surface area (Å²) in [5.41, 5.74) is 2.02. The number of nitrogens with zero attached hydrogens (tertiary/aromatic N) is 2. The van der Waals surface area contributed by atoms with E-state index in [9.17, 15) is 14.4 Å². The van der Waals surface area contributed by atoms with Crippen molar-refractivity contribution in [3.05, 3.63) is 58.6 Å². The Morgan fingerprint density at radius 2 is 1.81 bits per heavy atom. The van der Waals surface area contributed by atoms with E-state index in [1.807, 2.05) is 23.1 Å². The molecule has 0 saturated carbocycles. The van der Waals surface area contributed by atoms with Gasteiger partial charge in [0, 0.05) is 41.7 Å². The molecule has 2 aromatic rings. The Morgan fingerprint density at radius 1 is 1.10 bits per heavy atom. The van der Waals surface area contributed by atoms with Crippen molar-refractivity contribution in [3.8, 4) is 0 Å². The highest BCUT2D eigenvalue weighted by atomic mass is 35.5. The molecule has 0 bridgehead atoms. The number of esters is 1. The molecular weight excluding hydrogens is 438 g/mol. The maximum atomic E-state index is 13.0. The first-order valence-corrected chi connectivity index (χ1v) is 11.3. The van der Waals surface area contributed by atoms with Gasteiger partial charge < -0.3 is 15.0 Å². The second kappa shape index (κ2) is 9.30. The van der Waals surface area contributed by atoms with Gasteiger partial charge in [-0.05, 0) is 35.9 Å². The monoisotopic (exact) mass is 459 g/mol. The third-order valence-electron chi connectivity index (χ3n) is 5.44. The fourth-order valence-electron chi connectivity index (χ4n) is 3.83. The number of hydrogen-bond donors (Lipinski definition) is 1. The maximum absolute atomic E-state index is 13.0. The summed E-state index contributed by atoms with van der Waals surface area (Å²) >= 11 is 7.45. The molecule has 1 N–H and O–H groups in total. The van der Waals surface area contributed by atoms with E-state index in [2.05, 4.69) is 5.32 Å². The Bertz CT molecular complexity index is 1010. The summed E-state index contributed by atoms with van der Waals surface area (Å²) in [5, 5.41) is 3.42. The topological polar surface area (TPSA) is 79.0 Å². The second-order valence-electron chi connectivity index (χ2n) is 7.35. The fraction of sp³-hybridized carbons (Fsp3) is 0.318. The molecule has 4 rings (SSSR count). The van der Waals surface area contributed by atoms with Crippen LogP contribution in [-0.2, 0) is 14.3 Å². The van der Waals surface area contributed by atoms with Crippen LogP contribution in [0.2, 0.25) is 5.02 Å². The average molecular weight is 460 g/mol. The van der Waals surface area contributed by atoms with Crippen molar-refractivity contribution in [3.63, 3.8) is 0 Å². The molecule has 1 saturated heterocycles. The van der Waals surface area contributed by atoms with Gasteiger partial charge >= 0.3 is 5.97 Å². The molecule has 9 heteroatoms. The highest BCUT2D eigenvalue weighted by Crippen LogP contribution is 2.32. The summed E-state index contributed by atoms with van der Waals surface area (Å²) in [7, 11) is 1.37. The van der Waals surface area contributed by atoms with Crippen molar-refractivity contribution in [1.82, 2.24) is 9.80 Å². The molecule has 2 aromatic carbocycles. The van der Waals surface area contributed by atoms with E-state index >= 15 is 0 Å². The van der Waals surface area contributed by atoms with Gasteiger partial charge in [-0.25, -0.2) is 4.79 Å². The summed E-state index contributed by atoms with van der Waals surface area (Å²) in [4.78, 5) is 41.9. The van der Waals surface area contributed by atoms with Gasteiger partial charge in [0.25, 0.3) is 5.91 Å². The van der Waals surface area contributed by atoms with Gasteiger partial charge in [0.05, 0.1) is 18.6 Å². The zero-order valence-corrected chi connectivity index (χ0v) is 18.5. The molecule has 2 aliphatic rings. The van der Waals surface area contributed by atoms with Crippen LogP contribution in [0.4, 0.5) is 5.69 Å². The van der Waals surface area contributed by atoms with Crippen molar-refractivity contribution in [1.29, 1.82) is 0 Å². The molecule has 0 aliphatic carbocycles. The zero-order chi connectivity index (χ0) is 22.0. The molecule has 0 aromatic heterocycles. The third kappa shape index (κ3) is 4.71. The third-order valence-corrected chi connectivity index (χ3v) is 6.76. The molecule has 2 heterocycles. The maximum Gasteiger partial charge on any atom is 0.327 e. The standard InChI is InChI=1S/C22H22ClN3O4S/c1-30-22(29)20(14-2-5-16(23)6-3-14)25-8-10-26(11-9-25)21(28)15-4-7-18-17(12-15)24-19(27)13-31-18/h2-7,12,20H,8-11,13H2,1H3,(H,24,27). The molecule has 7 nitrogen and oxygen atoms in total. The molecule has 1 unspecified atom stereocenters. The lowest BCUT2D eigenvalue weighted by Gasteiger charge is -2.38. The van der Waals surface area contributed by atoms with E-state index in [-0.39, 0.29) is 17.8 Å². The van der Waals surface area contributed by atoms with Crippen LogP contribution in [0.25, 0.3) is 0 Å². The summed E-state index contributed by atoms with van der Waals surface area (Å²) in [5.74, 6) is -0.109. The number of nitrogens with one attached hydrogen (secondary N) is 1. The van der Waals surface area contributed by atoms with Gasteiger partial charge in [-0.15, -0.1) is 11.8 Å². The highest BCUT2D eigenvalue weighted by molar-refractivity contribution is 8.00. The summed E-state index contributed by atoms with van der Waals surface area (Å²) in [6.07, 6.45) is 0. The number of halogens is 1. The number of ether oxygens (including phenoxy) is 1. The number of carbonyl (C=O) groups is 3. The number of fused-ring (bicyclic) bond motifs is 1. The van der Waals surface area contributed by atoms with E-state index in [0.29, 0.717) is 48.2 Å². The van der Waals surface area contributed by atoms with Crippen LogP contribution >= 0.6 is 23.4 Å². The summed E-state index contributed by atoms with van der Waals surface area (Å²) in [6, 6.07) is 12.0. The van der Waals surface area contributed by atoms with E-state index in [4.69, 9.17) is 16.3 Å². The number of hydrogen-bond acceptors (Lipinski definition) is 6. The molecule has 162 valence electrons. The Balaban J connectivity index is 1.45. The highest BCUT2D eigenvalue weighted by Gasteiger charge is 2.32. The minimum Gasteiger partial charge on any atom is -0.468 e. The lowest BCUT2D eigenvalue weighted by atomic mass is 10.0. The van der Waals surface area contributed by atoms with Crippen molar-refractivity contribution in [2.24, 2.45) is 0 Å². The van der Waals surface area contributed by atoms with Crippen molar-refractivity contribution in [2.75, 3.05) is 44.4 Å². The van der Waals surface area contributed by atoms with E-state index in [0.717, 1.165) is 10.5 Å². The number of piperazine rings is 1. The normalized spacial score (nSPS) is 17.5. The quantitative estimate of drug-likeness (QED) is 0.708. The first-order chi connectivity index (χ1) is 15.0. The van der Waals surface area contributed by atoms with Crippen LogP contribution in [0, 0.1) is 0 Å². The Morgan fingerprint density at radius 3 is 2.48 bits per heavy atom. The molecule has 0 spiro atoms. The average Bonchev–Trinajstić information content (AvgIpc) is 2.79. The van der Waals surface area contributed by atoms with Crippen molar-refractivity contribution < 1.29 is 19.1 Å². The zero-order valence-electron chi connectivity index (χ0n) is 17.0. The number of anilines is 1. The summed E-state index contributed by atoms with van der Waals surface area (Å²) in [6.45, 7) is 2.04. The summed E-state index contributed by atoms with van der Waals surface area (Å²) < 4.78 is 5.02. The molecule has 2 aliphatic heterocycles. The van der Waals surface area contributed by atoms with E-state index < -0.39 is 6.04 Å². The minimum absolute atomic E-state index is 0.0632. The van der Waals surface area contributed by atoms with Crippen LogP contribution in [0.1, 0.15) is 22.0 Å². The van der Waals surface area contributed by atoms with Gasteiger partial charge in [0.2, 0.25) is 5.91 Å². The van der Waals surface area contributed by atoms with Gasteiger partial charge in [-0.2, -0.15) is 0 Å². The number of thioether (sulfide) groups is 1. The lowest BCUT2D eigenvalue weighted by Crippen LogP contribution is -2.51. The Hall–Kier alpha value is -2.55. The number of methoxy groups -OCH3 is 1. The first kappa shape index (κ1) is 21.7. The van der Waals surface area contributed by atoms with Crippen LogP contribution in [-0.4, -0.2) is 66.6 Å². The molecule has 0 radical (unpaired) electrons. The van der Waals surface area contributed by atoms with Gasteiger partial charge in [-0.1, -0.05) is 23.7 Å². The largest absolute Gasteiger partial charge is 0.468 e. The molecule has 1 fully saturated rings. The smallest absolute Gasteiger partial charge is 0.327 e. The molecule has 1 atom stereocenters. The minimum atomic E-state index is -0.546. The first-order valence-electron chi connectivity index (χ1n) is 9.89. The van der Waals surface area contributed by atoms with Gasteiger partial charge in [0.15, 0.2) is 0 Å². The number of carbonyl (C=O) groups excluding carboxylic acids is 3. The number of rotatable bonds is 4. The van der Waals surface area contributed by atoms with Crippen LogP contribution in [0.5, 0.6) is 0 Å². The van der Waals surface area contributed by atoms with Crippen molar-refractivity contribution >= 4 is 46.8 Å². The Kier molecular flexibility index (Phi) is 6.50. The van der Waals surface area contributed by atoms with Gasteiger partial charge in [-0.3, -0.25) is 14.5 Å². The molecule has 31 heavy (non-hydrogen) atoms. The van der Waals surface area contributed by atoms with Gasteiger partial charge in [0.1, 0.15) is 6.04 Å². The predicted molar refractivity (Wildman–Crippen MR) is 119 cm³/mol. The second-order valence-corrected chi connectivity index (χ2v) is 8.81. The molecule has 2 amide bonds. The SMILES string of the molecule is COC(=O)C(c1ccc(Cl)cc1)N1CCN(C(=O)c2ccc3c(c2)NC(=O)CS3)CC1. The van der Waals surface area contributed by atoms with Crippen LogP contribution < -0.4 is 5.32 Å². The van der Waals surface area contributed by atoms with E-state index in [1.54, 1.807) is 29.2 Å². The number of benzene rings is 2. The van der Waals surface area contributed by atoms with Crippen LogP contribution in [0.3, 0.4) is 0 Å². The predicted octanol–water partition coefficient (Wildman–Crippen LogP) is 3.06.